The summed E-state index contributed by atoms with van der Waals surface area (Å²) in [6.07, 6.45) is 4.27. The number of nitrogens with two attached hydrogens (primary N) is 1. The Bertz CT molecular complexity index is 454. The van der Waals surface area contributed by atoms with E-state index in [9.17, 15) is 0 Å². The first-order valence-corrected chi connectivity index (χ1v) is 7.73. The summed E-state index contributed by atoms with van der Waals surface area (Å²) in [5.74, 6) is 0.738. The maximum Gasteiger partial charge on any atom is 0.0642 e. The second-order valence-electron chi connectivity index (χ2n) is 6.90. The van der Waals surface area contributed by atoms with Gasteiger partial charge in [-0.25, -0.2) is 0 Å². The lowest BCUT2D eigenvalue weighted by Crippen LogP contribution is -2.42. The molecule has 1 saturated carbocycles. The minimum absolute atomic E-state index is 0.316. The van der Waals surface area contributed by atoms with Crippen molar-refractivity contribution in [2.45, 2.75) is 52.0 Å². The van der Waals surface area contributed by atoms with E-state index in [0.29, 0.717) is 15.5 Å². The fourth-order valence-corrected chi connectivity index (χ4v) is 3.65. The molecule has 0 saturated heterocycles. The van der Waals surface area contributed by atoms with Gasteiger partial charge in [0.2, 0.25) is 0 Å². The number of halogens is 2. The van der Waals surface area contributed by atoms with Crippen LogP contribution < -0.4 is 5.73 Å². The van der Waals surface area contributed by atoms with Gasteiger partial charge in [0.1, 0.15) is 0 Å². The lowest BCUT2D eigenvalue weighted by atomic mass is 9.66. The predicted octanol–water partition coefficient (Wildman–Crippen LogP) is 5.38. The van der Waals surface area contributed by atoms with Crippen molar-refractivity contribution >= 4 is 23.2 Å². The Morgan fingerprint density at radius 3 is 2.26 bits per heavy atom. The molecular formula is C16H23Cl2N. The molecule has 1 aromatic rings. The molecule has 0 spiro atoms. The van der Waals surface area contributed by atoms with Crippen LogP contribution in [-0.4, -0.2) is 0 Å². The van der Waals surface area contributed by atoms with Gasteiger partial charge in [-0.05, 0) is 48.6 Å². The monoisotopic (exact) mass is 299 g/mol. The number of rotatable bonds is 1. The largest absolute Gasteiger partial charge is 0.321 e. The summed E-state index contributed by atoms with van der Waals surface area (Å²) >= 11 is 12.4. The van der Waals surface area contributed by atoms with Crippen molar-refractivity contribution in [1.82, 2.24) is 0 Å². The summed E-state index contributed by atoms with van der Waals surface area (Å²) in [5.41, 5.74) is 7.67. The van der Waals surface area contributed by atoms with Crippen LogP contribution in [0.25, 0.3) is 0 Å². The Balaban J connectivity index is 2.21. The van der Waals surface area contributed by atoms with E-state index in [4.69, 9.17) is 28.9 Å². The Morgan fingerprint density at radius 1 is 1.16 bits per heavy atom. The van der Waals surface area contributed by atoms with Crippen LogP contribution in [0.3, 0.4) is 0 Å². The van der Waals surface area contributed by atoms with E-state index in [1.807, 2.05) is 18.2 Å². The molecule has 2 rings (SSSR count). The third kappa shape index (κ3) is 3.09. The van der Waals surface area contributed by atoms with Crippen molar-refractivity contribution in [3.8, 4) is 0 Å². The summed E-state index contributed by atoms with van der Waals surface area (Å²) in [6.45, 7) is 6.94. The minimum atomic E-state index is -0.316. The minimum Gasteiger partial charge on any atom is -0.321 e. The van der Waals surface area contributed by atoms with Gasteiger partial charge in [0, 0.05) is 5.54 Å². The Morgan fingerprint density at radius 2 is 1.74 bits per heavy atom. The maximum atomic E-state index is 6.61. The van der Waals surface area contributed by atoms with Crippen LogP contribution in [-0.2, 0) is 5.54 Å². The average Bonchev–Trinajstić information content (AvgIpc) is 2.32. The second kappa shape index (κ2) is 5.27. The van der Waals surface area contributed by atoms with E-state index in [0.717, 1.165) is 37.2 Å². The maximum absolute atomic E-state index is 6.61. The third-order valence-corrected chi connectivity index (χ3v) is 5.41. The van der Waals surface area contributed by atoms with Gasteiger partial charge in [0.25, 0.3) is 0 Å². The molecule has 3 heteroatoms. The van der Waals surface area contributed by atoms with Crippen molar-refractivity contribution < 1.29 is 0 Å². The van der Waals surface area contributed by atoms with Gasteiger partial charge in [0.15, 0.2) is 0 Å². The molecule has 19 heavy (non-hydrogen) atoms. The number of benzene rings is 1. The molecule has 106 valence electrons. The Labute approximate surface area is 126 Å². The Hall–Kier alpha value is -0.240. The zero-order valence-corrected chi connectivity index (χ0v) is 13.5. The second-order valence-corrected chi connectivity index (χ2v) is 7.68. The zero-order valence-electron chi connectivity index (χ0n) is 12.0. The molecule has 0 atom stereocenters. The average molecular weight is 300 g/mol. The standard InChI is InChI=1S/C16H23Cl2N/c1-15(2,3)11-7-9-16(19,10-8-11)12-5-4-6-13(17)14(12)18/h4-6,11H,7-10,19H2,1-3H3. The zero-order chi connectivity index (χ0) is 14.3. The SMILES string of the molecule is CC(C)(C)C1CCC(N)(c2cccc(Cl)c2Cl)CC1. The van der Waals surface area contributed by atoms with E-state index >= 15 is 0 Å². The van der Waals surface area contributed by atoms with E-state index in [-0.39, 0.29) is 5.54 Å². The van der Waals surface area contributed by atoms with Crippen LogP contribution in [0.1, 0.15) is 52.0 Å². The first-order valence-electron chi connectivity index (χ1n) is 6.97. The Kier molecular flexibility index (Phi) is 4.21. The van der Waals surface area contributed by atoms with Gasteiger partial charge in [-0.3, -0.25) is 0 Å². The summed E-state index contributed by atoms with van der Waals surface area (Å²) in [4.78, 5) is 0. The lowest BCUT2D eigenvalue weighted by Gasteiger charge is -2.42. The molecule has 0 radical (unpaired) electrons. The van der Waals surface area contributed by atoms with Gasteiger partial charge in [0.05, 0.1) is 10.0 Å². The number of hydrogen-bond donors (Lipinski definition) is 1. The molecule has 0 bridgehead atoms. The third-order valence-electron chi connectivity index (χ3n) is 4.59. The predicted molar refractivity (Wildman–Crippen MR) is 83.7 cm³/mol. The van der Waals surface area contributed by atoms with Crippen LogP contribution in [0.5, 0.6) is 0 Å². The molecule has 1 aromatic carbocycles. The first kappa shape index (κ1) is 15.2. The molecular weight excluding hydrogens is 277 g/mol. The van der Waals surface area contributed by atoms with Crippen LogP contribution in [0.2, 0.25) is 10.0 Å². The highest BCUT2D eigenvalue weighted by Crippen LogP contribution is 2.46. The van der Waals surface area contributed by atoms with E-state index in [1.54, 1.807) is 0 Å². The molecule has 2 N–H and O–H groups in total. The molecule has 0 aliphatic heterocycles. The fourth-order valence-electron chi connectivity index (χ4n) is 3.16. The first-order chi connectivity index (χ1) is 8.74. The van der Waals surface area contributed by atoms with E-state index in [2.05, 4.69) is 20.8 Å². The number of hydrogen-bond acceptors (Lipinski definition) is 1. The van der Waals surface area contributed by atoms with Gasteiger partial charge < -0.3 is 5.73 Å². The molecule has 0 unspecified atom stereocenters. The molecule has 0 heterocycles. The molecule has 0 amide bonds. The molecule has 0 aromatic heterocycles. The van der Waals surface area contributed by atoms with E-state index in [1.165, 1.54) is 0 Å². The van der Waals surface area contributed by atoms with Crippen LogP contribution in [0.15, 0.2) is 18.2 Å². The highest BCUT2D eigenvalue weighted by molar-refractivity contribution is 6.42. The van der Waals surface area contributed by atoms with Crippen molar-refractivity contribution in [3.63, 3.8) is 0 Å². The molecule has 1 nitrogen and oxygen atoms in total. The van der Waals surface area contributed by atoms with Crippen molar-refractivity contribution in [3.05, 3.63) is 33.8 Å². The summed E-state index contributed by atoms with van der Waals surface area (Å²) in [7, 11) is 0. The van der Waals surface area contributed by atoms with Crippen LogP contribution >= 0.6 is 23.2 Å². The van der Waals surface area contributed by atoms with Gasteiger partial charge in [-0.1, -0.05) is 56.1 Å². The van der Waals surface area contributed by atoms with Crippen molar-refractivity contribution in [2.75, 3.05) is 0 Å². The van der Waals surface area contributed by atoms with Gasteiger partial charge in [-0.2, -0.15) is 0 Å². The smallest absolute Gasteiger partial charge is 0.0642 e. The lowest BCUT2D eigenvalue weighted by molar-refractivity contribution is 0.134. The van der Waals surface area contributed by atoms with Crippen LogP contribution in [0.4, 0.5) is 0 Å². The summed E-state index contributed by atoms with van der Waals surface area (Å²) < 4.78 is 0. The summed E-state index contributed by atoms with van der Waals surface area (Å²) in [6, 6.07) is 5.77. The molecule has 1 aliphatic rings. The van der Waals surface area contributed by atoms with Gasteiger partial charge >= 0.3 is 0 Å². The highest BCUT2D eigenvalue weighted by atomic mass is 35.5. The van der Waals surface area contributed by atoms with Crippen molar-refractivity contribution in [2.24, 2.45) is 17.1 Å². The fraction of sp³-hybridized carbons (Fsp3) is 0.625. The molecule has 1 aliphatic carbocycles. The summed E-state index contributed by atoms with van der Waals surface area (Å²) in [5, 5.41) is 1.22. The molecule has 1 fully saturated rings. The van der Waals surface area contributed by atoms with Crippen molar-refractivity contribution in [1.29, 1.82) is 0 Å². The quantitative estimate of drug-likeness (QED) is 0.740. The highest BCUT2D eigenvalue weighted by Gasteiger charge is 2.38. The van der Waals surface area contributed by atoms with E-state index < -0.39 is 0 Å². The van der Waals surface area contributed by atoms with Gasteiger partial charge in [-0.15, -0.1) is 0 Å². The van der Waals surface area contributed by atoms with Crippen LogP contribution in [0, 0.1) is 11.3 Å². The normalized spacial score (nSPS) is 28.4. The topological polar surface area (TPSA) is 26.0 Å².